The first kappa shape index (κ1) is 14.7. The SMILES string of the molecule is Cn1nccc1NS(=O)(=O)CCSc1ccc(N)cc1. The largest absolute Gasteiger partial charge is 0.399 e. The van der Waals surface area contributed by atoms with Gasteiger partial charge in [0, 0.05) is 29.4 Å². The summed E-state index contributed by atoms with van der Waals surface area (Å²) in [4.78, 5) is 0.995. The van der Waals surface area contributed by atoms with Crippen LogP contribution < -0.4 is 10.5 Å². The molecular weight excluding hydrogens is 296 g/mol. The molecule has 1 aromatic heterocycles. The second-order valence-electron chi connectivity index (χ2n) is 4.18. The third-order valence-corrected chi connectivity index (χ3v) is 5.12. The van der Waals surface area contributed by atoms with E-state index < -0.39 is 10.0 Å². The molecule has 1 heterocycles. The smallest absolute Gasteiger partial charge is 0.234 e. The van der Waals surface area contributed by atoms with Crippen LogP contribution in [0.2, 0.25) is 0 Å². The second-order valence-corrected chi connectivity index (χ2v) is 7.19. The van der Waals surface area contributed by atoms with Crippen LogP contribution in [-0.2, 0) is 17.1 Å². The summed E-state index contributed by atoms with van der Waals surface area (Å²) in [6.45, 7) is 0. The van der Waals surface area contributed by atoms with Crippen LogP contribution in [-0.4, -0.2) is 29.7 Å². The summed E-state index contributed by atoms with van der Waals surface area (Å²) in [5, 5.41) is 3.91. The lowest BCUT2D eigenvalue weighted by Gasteiger charge is -2.07. The fourth-order valence-corrected chi connectivity index (χ4v) is 3.91. The molecule has 3 N–H and O–H groups in total. The molecule has 8 heteroatoms. The lowest BCUT2D eigenvalue weighted by atomic mass is 10.3. The minimum atomic E-state index is -3.36. The molecule has 0 aliphatic carbocycles. The Balaban J connectivity index is 1.86. The Kier molecular flexibility index (Phi) is 4.56. The van der Waals surface area contributed by atoms with E-state index in [1.807, 2.05) is 12.1 Å². The van der Waals surface area contributed by atoms with Gasteiger partial charge in [-0.25, -0.2) is 8.42 Å². The molecule has 0 spiro atoms. The van der Waals surface area contributed by atoms with Gasteiger partial charge in [-0.05, 0) is 24.3 Å². The van der Waals surface area contributed by atoms with Crippen molar-refractivity contribution < 1.29 is 8.42 Å². The lowest BCUT2D eigenvalue weighted by Crippen LogP contribution is -2.19. The van der Waals surface area contributed by atoms with Crippen molar-refractivity contribution in [3.8, 4) is 0 Å². The highest BCUT2D eigenvalue weighted by molar-refractivity contribution is 8.01. The molecule has 0 bridgehead atoms. The van der Waals surface area contributed by atoms with E-state index in [9.17, 15) is 8.42 Å². The van der Waals surface area contributed by atoms with E-state index >= 15 is 0 Å². The van der Waals surface area contributed by atoms with Gasteiger partial charge in [0.25, 0.3) is 0 Å². The van der Waals surface area contributed by atoms with E-state index in [-0.39, 0.29) is 5.75 Å². The van der Waals surface area contributed by atoms with Crippen LogP contribution in [0.3, 0.4) is 0 Å². The fraction of sp³-hybridized carbons (Fsp3) is 0.250. The molecule has 0 unspecified atom stereocenters. The van der Waals surface area contributed by atoms with Crippen LogP contribution in [0.25, 0.3) is 0 Å². The van der Waals surface area contributed by atoms with Gasteiger partial charge in [-0.2, -0.15) is 5.10 Å². The highest BCUT2D eigenvalue weighted by Gasteiger charge is 2.12. The van der Waals surface area contributed by atoms with Gasteiger partial charge < -0.3 is 5.73 Å². The number of nitrogens with zero attached hydrogens (tertiary/aromatic N) is 2. The molecule has 0 aliphatic heterocycles. The van der Waals surface area contributed by atoms with E-state index in [2.05, 4.69) is 9.82 Å². The summed E-state index contributed by atoms with van der Waals surface area (Å²) < 4.78 is 27.8. The zero-order valence-corrected chi connectivity index (χ0v) is 12.6. The van der Waals surface area contributed by atoms with Crippen molar-refractivity contribution in [3.63, 3.8) is 0 Å². The first-order chi connectivity index (χ1) is 9.46. The number of rotatable bonds is 6. The summed E-state index contributed by atoms with van der Waals surface area (Å²) in [5.41, 5.74) is 6.29. The number of nitrogens with one attached hydrogen (secondary N) is 1. The number of aryl methyl sites for hydroxylation is 1. The maximum absolute atomic E-state index is 11.9. The number of hydrogen-bond acceptors (Lipinski definition) is 5. The topological polar surface area (TPSA) is 90.0 Å². The van der Waals surface area contributed by atoms with Crippen molar-refractivity contribution in [1.29, 1.82) is 0 Å². The third kappa shape index (κ3) is 4.17. The van der Waals surface area contributed by atoms with Gasteiger partial charge in [0.05, 0.1) is 11.9 Å². The van der Waals surface area contributed by atoms with Gasteiger partial charge >= 0.3 is 0 Å². The van der Waals surface area contributed by atoms with Gasteiger partial charge in [0.1, 0.15) is 5.82 Å². The van der Waals surface area contributed by atoms with Crippen molar-refractivity contribution in [2.45, 2.75) is 4.90 Å². The van der Waals surface area contributed by atoms with Gasteiger partial charge in [-0.3, -0.25) is 9.40 Å². The zero-order valence-electron chi connectivity index (χ0n) is 11.0. The number of hydrogen-bond donors (Lipinski definition) is 2. The van der Waals surface area contributed by atoms with E-state index in [4.69, 9.17) is 5.73 Å². The van der Waals surface area contributed by atoms with Crippen molar-refractivity contribution in [2.75, 3.05) is 22.0 Å². The molecule has 0 saturated heterocycles. The van der Waals surface area contributed by atoms with Crippen LogP contribution in [0.1, 0.15) is 0 Å². The first-order valence-corrected chi connectivity index (χ1v) is 8.57. The quantitative estimate of drug-likeness (QED) is 0.624. The van der Waals surface area contributed by atoms with E-state index in [1.165, 1.54) is 16.4 Å². The third-order valence-electron chi connectivity index (χ3n) is 2.58. The highest BCUT2D eigenvalue weighted by atomic mass is 32.2. The Morgan fingerprint density at radius 2 is 2.00 bits per heavy atom. The molecular formula is C12H16N4O2S2. The predicted molar refractivity (Wildman–Crippen MR) is 82.2 cm³/mol. The number of nitrogens with two attached hydrogens (primary N) is 1. The van der Waals surface area contributed by atoms with Crippen molar-refractivity contribution >= 4 is 33.3 Å². The van der Waals surface area contributed by atoms with Gasteiger partial charge in [0.2, 0.25) is 10.0 Å². The van der Waals surface area contributed by atoms with Crippen LogP contribution in [0.15, 0.2) is 41.4 Å². The molecule has 0 aliphatic rings. The van der Waals surface area contributed by atoms with Gasteiger partial charge in [0.15, 0.2) is 0 Å². The molecule has 108 valence electrons. The summed E-state index contributed by atoms with van der Waals surface area (Å²) in [6.07, 6.45) is 1.54. The Hall–Kier alpha value is -1.67. The molecule has 0 saturated carbocycles. The Bertz CT molecular complexity index is 665. The maximum Gasteiger partial charge on any atom is 0.234 e. The number of benzene rings is 1. The van der Waals surface area contributed by atoms with Crippen LogP contribution >= 0.6 is 11.8 Å². The Morgan fingerprint density at radius 1 is 1.30 bits per heavy atom. The second kappa shape index (κ2) is 6.19. The van der Waals surface area contributed by atoms with E-state index in [1.54, 1.807) is 31.4 Å². The van der Waals surface area contributed by atoms with Gasteiger partial charge in [-0.15, -0.1) is 11.8 Å². The predicted octanol–water partition coefficient (Wildman–Crippen LogP) is 1.54. The Morgan fingerprint density at radius 3 is 2.60 bits per heavy atom. The Labute approximate surface area is 122 Å². The molecule has 0 radical (unpaired) electrons. The average Bonchev–Trinajstić information content (AvgIpc) is 2.77. The molecule has 20 heavy (non-hydrogen) atoms. The van der Waals surface area contributed by atoms with Gasteiger partial charge in [-0.1, -0.05) is 0 Å². The van der Waals surface area contributed by atoms with Crippen LogP contribution in [0.4, 0.5) is 11.5 Å². The van der Waals surface area contributed by atoms with E-state index in [0.29, 0.717) is 17.3 Å². The highest BCUT2D eigenvalue weighted by Crippen LogP contribution is 2.19. The fourth-order valence-electron chi connectivity index (χ4n) is 1.52. The maximum atomic E-state index is 11.9. The zero-order chi connectivity index (χ0) is 14.6. The van der Waals surface area contributed by atoms with Crippen molar-refractivity contribution in [2.24, 2.45) is 7.05 Å². The number of aromatic nitrogens is 2. The molecule has 0 amide bonds. The average molecular weight is 312 g/mol. The summed E-state index contributed by atoms with van der Waals surface area (Å²) >= 11 is 1.48. The normalized spacial score (nSPS) is 11.4. The summed E-state index contributed by atoms with van der Waals surface area (Å²) in [7, 11) is -1.68. The number of sulfonamides is 1. The lowest BCUT2D eigenvalue weighted by molar-refractivity contribution is 0.601. The van der Waals surface area contributed by atoms with Crippen LogP contribution in [0, 0.1) is 0 Å². The number of nitrogen functional groups attached to an aromatic ring is 1. The molecule has 2 aromatic rings. The van der Waals surface area contributed by atoms with Crippen molar-refractivity contribution in [1.82, 2.24) is 9.78 Å². The van der Waals surface area contributed by atoms with Crippen LogP contribution in [0.5, 0.6) is 0 Å². The molecule has 2 rings (SSSR count). The summed E-state index contributed by atoms with van der Waals surface area (Å²) in [5.74, 6) is 0.965. The van der Waals surface area contributed by atoms with E-state index in [0.717, 1.165) is 4.90 Å². The first-order valence-electron chi connectivity index (χ1n) is 5.93. The minimum absolute atomic E-state index is 0.0349. The standard InChI is InChI=1S/C12H16N4O2S2/c1-16-12(6-7-14-16)15-20(17,18)9-8-19-11-4-2-10(13)3-5-11/h2-7,15H,8-9,13H2,1H3. The number of thioether (sulfide) groups is 1. The molecule has 0 atom stereocenters. The minimum Gasteiger partial charge on any atom is -0.399 e. The molecule has 0 fully saturated rings. The summed E-state index contributed by atoms with van der Waals surface area (Å²) in [6, 6.07) is 8.96. The molecule has 1 aromatic carbocycles. The number of anilines is 2. The van der Waals surface area contributed by atoms with Crippen molar-refractivity contribution in [3.05, 3.63) is 36.5 Å². The monoisotopic (exact) mass is 312 g/mol. The molecule has 6 nitrogen and oxygen atoms in total.